The lowest BCUT2D eigenvalue weighted by Crippen LogP contribution is -2.39. The van der Waals surface area contributed by atoms with Crippen LogP contribution in [0.3, 0.4) is 0 Å². The summed E-state index contributed by atoms with van der Waals surface area (Å²) in [5, 5.41) is 8.64. The van der Waals surface area contributed by atoms with Crippen LogP contribution >= 0.6 is 0 Å². The summed E-state index contributed by atoms with van der Waals surface area (Å²) in [6.07, 6.45) is 6.10. The largest absolute Gasteiger partial charge is 0.497 e. The van der Waals surface area contributed by atoms with Gasteiger partial charge in [0.1, 0.15) is 17.3 Å². The van der Waals surface area contributed by atoms with Crippen LogP contribution in [0.1, 0.15) is 33.6 Å². The Morgan fingerprint density at radius 2 is 1.94 bits per heavy atom. The van der Waals surface area contributed by atoms with Gasteiger partial charge in [0.2, 0.25) is 0 Å². The fourth-order valence-electron chi connectivity index (χ4n) is 4.36. The van der Waals surface area contributed by atoms with E-state index in [0.29, 0.717) is 5.69 Å². The number of carbonyl (C=O) groups is 1. The number of hydrogen-bond donors (Lipinski definition) is 2. The topological polar surface area (TPSA) is 76.1 Å². The second kappa shape index (κ2) is 8.90. The molecule has 5 rings (SSSR count). The number of anilines is 2. The third-order valence-corrected chi connectivity index (χ3v) is 6.16. The first-order chi connectivity index (χ1) is 16.1. The molecule has 33 heavy (non-hydrogen) atoms. The molecule has 4 aromatic rings. The van der Waals surface area contributed by atoms with Crippen molar-refractivity contribution >= 4 is 28.2 Å². The number of fused-ring (bicyclic) bond motifs is 2. The van der Waals surface area contributed by atoms with Crippen LogP contribution in [0.25, 0.3) is 10.8 Å². The zero-order valence-electron chi connectivity index (χ0n) is 18.8. The highest BCUT2D eigenvalue weighted by molar-refractivity contribution is 5.94. The number of ether oxygens (including phenoxy) is 1. The highest BCUT2D eigenvalue weighted by Crippen LogP contribution is 2.27. The summed E-state index contributed by atoms with van der Waals surface area (Å²) in [4.78, 5) is 21.6. The van der Waals surface area contributed by atoms with Crippen molar-refractivity contribution in [3.63, 3.8) is 0 Å². The van der Waals surface area contributed by atoms with Crippen LogP contribution in [0.5, 0.6) is 5.75 Å². The van der Waals surface area contributed by atoms with Crippen molar-refractivity contribution in [3.8, 4) is 5.75 Å². The third-order valence-electron chi connectivity index (χ3n) is 6.16. The van der Waals surface area contributed by atoms with Gasteiger partial charge in [-0.25, -0.2) is 9.97 Å². The number of pyridine rings is 2. The van der Waals surface area contributed by atoms with Crippen molar-refractivity contribution < 1.29 is 9.53 Å². The Balaban J connectivity index is 1.25. The number of benzene rings is 2. The molecule has 0 fully saturated rings. The molecule has 0 bridgehead atoms. The van der Waals surface area contributed by atoms with Gasteiger partial charge in [-0.3, -0.25) is 4.79 Å². The van der Waals surface area contributed by atoms with E-state index in [9.17, 15) is 4.79 Å². The van der Waals surface area contributed by atoms with E-state index in [-0.39, 0.29) is 11.9 Å². The van der Waals surface area contributed by atoms with Crippen molar-refractivity contribution in [1.82, 2.24) is 15.3 Å². The fraction of sp³-hybridized carbons (Fsp3) is 0.222. The molecule has 2 N–H and O–H groups in total. The maximum atomic E-state index is 12.8. The molecule has 6 nitrogen and oxygen atoms in total. The second-order valence-electron chi connectivity index (χ2n) is 8.49. The molecule has 0 spiro atoms. The second-order valence-corrected chi connectivity index (χ2v) is 8.49. The normalized spacial score (nSPS) is 15.0. The zero-order valence-corrected chi connectivity index (χ0v) is 18.8. The molecule has 0 saturated heterocycles. The van der Waals surface area contributed by atoms with Crippen LogP contribution in [0, 0.1) is 6.92 Å². The highest BCUT2D eigenvalue weighted by Gasteiger charge is 2.21. The lowest BCUT2D eigenvalue weighted by Gasteiger charge is -2.25. The molecule has 1 aliphatic rings. The van der Waals surface area contributed by atoms with Crippen LogP contribution in [-0.2, 0) is 12.8 Å². The van der Waals surface area contributed by atoms with Gasteiger partial charge in [-0.15, -0.1) is 0 Å². The molecule has 0 saturated carbocycles. The van der Waals surface area contributed by atoms with Gasteiger partial charge in [0.25, 0.3) is 5.91 Å². The number of rotatable bonds is 5. The molecule has 2 aromatic heterocycles. The van der Waals surface area contributed by atoms with Gasteiger partial charge < -0.3 is 15.4 Å². The van der Waals surface area contributed by atoms with E-state index >= 15 is 0 Å². The molecule has 0 aliphatic heterocycles. The van der Waals surface area contributed by atoms with Gasteiger partial charge in [0.05, 0.1) is 19.0 Å². The zero-order chi connectivity index (χ0) is 22.8. The van der Waals surface area contributed by atoms with E-state index in [1.807, 2.05) is 18.2 Å². The van der Waals surface area contributed by atoms with Crippen molar-refractivity contribution in [1.29, 1.82) is 0 Å². The molecule has 166 valence electrons. The maximum Gasteiger partial charge on any atom is 0.270 e. The molecule has 1 atom stereocenters. The van der Waals surface area contributed by atoms with Gasteiger partial charge in [-0.05, 0) is 79.1 Å². The average molecular weight is 439 g/mol. The Bertz CT molecular complexity index is 1320. The van der Waals surface area contributed by atoms with E-state index in [4.69, 9.17) is 4.74 Å². The molecule has 2 heterocycles. The average Bonchev–Trinajstić information content (AvgIpc) is 2.84. The number of nitrogens with zero attached hydrogens (tertiary/aromatic N) is 2. The smallest absolute Gasteiger partial charge is 0.270 e. The summed E-state index contributed by atoms with van der Waals surface area (Å²) < 4.78 is 5.32. The number of nitrogens with one attached hydrogen (secondary N) is 2. The summed E-state index contributed by atoms with van der Waals surface area (Å²) in [5.41, 5.74) is 4.92. The molecular formula is C27H26N4O2. The van der Waals surface area contributed by atoms with Gasteiger partial charge >= 0.3 is 0 Å². The number of methoxy groups -OCH3 is 1. The molecule has 0 radical (unpaired) electrons. The van der Waals surface area contributed by atoms with E-state index in [0.717, 1.165) is 47.3 Å². The fourth-order valence-corrected chi connectivity index (χ4v) is 4.36. The first kappa shape index (κ1) is 20.9. The van der Waals surface area contributed by atoms with Crippen molar-refractivity contribution in [2.45, 2.75) is 32.2 Å². The molecule has 2 aromatic carbocycles. The number of amides is 1. The van der Waals surface area contributed by atoms with Crippen LogP contribution in [0.15, 0.2) is 67.0 Å². The molecule has 1 aliphatic carbocycles. The molecule has 6 heteroatoms. The van der Waals surface area contributed by atoms with Crippen molar-refractivity contribution in [2.75, 3.05) is 12.4 Å². The molecule has 1 amide bonds. The summed E-state index contributed by atoms with van der Waals surface area (Å²) in [6, 6.07) is 18.1. The van der Waals surface area contributed by atoms with Gasteiger partial charge in [0.15, 0.2) is 0 Å². The maximum absolute atomic E-state index is 12.8. The van der Waals surface area contributed by atoms with Crippen LogP contribution < -0.4 is 15.4 Å². The Kier molecular flexibility index (Phi) is 5.65. The predicted octanol–water partition coefficient (Wildman–Crippen LogP) is 4.98. The van der Waals surface area contributed by atoms with Crippen molar-refractivity contribution in [3.05, 3.63) is 89.4 Å². The first-order valence-electron chi connectivity index (χ1n) is 11.1. The minimum Gasteiger partial charge on any atom is -0.497 e. The number of aryl methyl sites for hydroxylation is 2. The minimum atomic E-state index is -0.151. The first-order valence-corrected chi connectivity index (χ1v) is 11.1. The van der Waals surface area contributed by atoms with Crippen molar-refractivity contribution in [2.24, 2.45) is 0 Å². The lowest BCUT2D eigenvalue weighted by atomic mass is 9.88. The predicted molar refractivity (Wildman–Crippen MR) is 130 cm³/mol. The monoisotopic (exact) mass is 438 g/mol. The number of aromatic nitrogens is 2. The quantitative estimate of drug-likeness (QED) is 0.460. The number of carbonyl (C=O) groups excluding carboxylic acids is 1. The van der Waals surface area contributed by atoms with Crippen LogP contribution in [0.2, 0.25) is 0 Å². The Hall–Kier alpha value is -3.93. The summed E-state index contributed by atoms with van der Waals surface area (Å²) >= 11 is 0. The highest BCUT2D eigenvalue weighted by atomic mass is 16.5. The van der Waals surface area contributed by atoms with E-state index in [2.05, 4.69) is 57.9 Å². The SMILES string of the molecule is COc1ccc2c(c1)CCC(NC(=O)c1ccc(Nc3nccc4ccc(C)cc34)cn1)C2. The number of hydrogen-bond acceptors (Lipinski definition) is 5. The summed E-state index contributed by atoms with van der Waals surface area (Å²) in [6.45, 7) is 2.06. The molecular weight excluding hydrogens is 412 g/mol. The van der Waals surface area contributed by atoms with Gasteiger partial charge in [-0.1, -0.05) is 23.8 Å². The van der Waals surface area contributed by atoms with E-state index in [1.165, 1.54) is 16.7 Å². The standard InChI is InChI=1S/C27H26N4O2/c1-17-3-4-18-11-12-28-26(24(18)13-17)30-22-8-10-25(29-16-22)27(32)31-21-7-5-20-15-23(33-2)9-6-19(20)14-21/h3-4,6,8-13,15-16,21H,5,7,14H2,1-2H3,(H,28,30)(H,31,32). The molecule has 1 unspecified atom stereocenters. The Morgan fingerprint density at radius 1 is 1.03 bits per heavy atom. The summed E-state index contributed by atoms with van der Waals surface area (Å²) in [7, 11) is 1.68. The minimum absolute atomic E-state index is 0.0983. The van der Waals surface area contributed by atoms with E-state index in [1.54, 1.807) is 25.6 Å². The summed E-state index contributed by atoms with van der Waals surface area (Å²) in [5.74, 6) is 1.50. The van der Waals surface area contributed by atoms with Crippen LogP contribution in [-0.4, -0.2) is 29.0 Å². The Morgan fingerprint density at radius 3 is 2.76 bits per heavy atom. The van der Waals surface area contributed by atoms with E-state index < -0.39 is 0 Å². The third kappa shape index (κ3) is 4.51. The lowest BCUT2D eigenvalue weighted by molar-refractivity contribution is 0.0928. The van der Waals surface area contributed by atoms with Gasteiger partial charge in [0, 0.05) is 17.6 Å². The van der Waals surface area contributed by atoms with Crippen LogP contribution in [0.4, 0.5) is 11.5 Å². The van der Waals surface area contributed by atoms with Gasteiger partial charge in [-0.2, -0.15) is 0 Å². The Labute approximate surface area is 193 Å².